The van der Waals surface area contributed by atoms with Gasteiger partial charge in [-0.05, 0) is 72.8 Å². The predicted octanol–water partition coefficient (Wildman–Crippen LogP) is 5.14. The van der Waals surface area contributed by atoms with Gasteiger partial charge in [-0.3, -0.25) is 4.79 Å². The highest BCUT2D eigenvalue weighted by Gasteiger charge is 2.28. The van der Waals surface area contributed by atoms with Crippen LogP contribution in [-0.2, 0) is 24.8 Å². The number of anilines is 1. The minimum absolute atomic E-state index is 0.0151. The van der Waals surface area contributed by atoms with Crippen molar-refractivity contribution in [2.45, 2.75) is 9.79 Å². The van der Waals surface area contributed by atoms with Gasteiger partial charge in [-0.15, -0.1) is 0 Å². The van der Waals surface area contributed by atoms with Crippen LogP contribution in [0, 0.1) is 0 Å². The van der Waals surface area contributed by atoms with Crippen molar-refractivity contribution in [1.82, 2.24) is 7.94 Å². The maximum atomic E-state index is 14.1. The quantitative estimate of drug-likeness (QED) is 0.226. The van der Waals surface area contributed by atoms with Crippen LogP contribution in [0.25, 0.3) is 21.8 Å². The molecule has 6 aromatic rings. The monoisotopic (exact) mass is 625 g/mol. The summed E-state index contributed by atoms with van der Waals surface area (Å²) < 4.78 is 62.4. The normalized spacial score (nSPS) is 14.3. The third-order valence-corrected chi connectivity index (χ3v) is 11.3. The second kappa shape index (κ2) is 10.8. The molecule has 0 saturated carbocycles. The van der Waals surface area contributed by atoms with Crippen molar-refractivity contribution in [2.75, 3.05) is 31.2 Å². The van der Waals surface area contributed by atoms with Crippen molar-refractivity contribution >= 4 is 53.3 Å². The van der Waals surface area contributed by atoms with E-state index in [0.29, 0.717) is 48.1 Å². The van der Waals surface area contributed by atoms with Crippen molar-refractivity contribution < 1.29 is 26.4 Å². The average molecular weight is 626 g/mol. The lowest BCUT2D eigenvalue weighted by Gasteiger charge is -2.28. The Bertz CT molecular complexity index is 2250. The molecule has 11 heteroatoms. The molecule has 0 spiro atoms. The fourth-order valence-corrected chi connectivity index (χ4v) is 8.54. The van der Waals surface area contributed by atoms with Crippen molar-refractivity contribution in [2.24, 2.45) is 0 Å². The molecule has 0 atom stereocenters. The van der Waals surface area contributed by atoms with E-state index in [0.717, 1.165) is 9.66 Å². The Balaban J connectivity index is 1.35. The van der Waals surface area contributed by atoms with E-state index < -0.39 is 25.8 Å². The number of nitrogens with zero attached hydrogens (tertiary/aromatic N) is 3. The lowest BCUT2D eigenvalue weighted by Crippen LogP contribution is -2.36. The Labute approximate surface area is 254 Å². The first-order valence-corrected chi connectivity index (χ1v) is 16.9. The van der Waals surface area contributed by atoms with E-state index in [1.54, 1.807) is 66.7 Å². The van der Waals surface area contributed by atoms with Crippen LogP contribution in [0.1, 0.15) is 16.1 Å². The van der Waals surface area contributed by atoms with Crippen LogP contribution in [-0.4, -0.2) is 56.9 Å². The molecule has 0 radical (unpaired) electrons. The highest BCUT2D eigenvalue weighted by atomic mass is 32.2. The van der Waals surface area contributed by atoms with Crippen molar-refractivity contribution in [3.8, 4) is 0 Å². The SMILES string of the molecule is O=C(c1ccc2c(ccn2S(=O)(=O)c2ccccc2)c1)c1cc2cc(N3CCOCC3)ccc2n1S(=O)(=O)c1ccccc1. The molecular weight excluding hydrogens is 599 g/mol. The number of ketones is 1. The number of fused-ring (bicyclic) bond motifs is 2. The molecule has 0 amide bonds. The minimum Gasteiger partial charge on any atom is -0.378 e. The number of rotatable bonds is 7. The molecule has 1 fully saturated rings. The number of ether oxygens (including phenoxy) is 1. The number of hydrogen-bond acceptors (Lipinski definition) is 7. The van der Waals surface area contributed by atoms with Gasteiger partial charge in [0, 0.05) is 41.3 Å². The molecule has 2 aromatic heterocycles. The van der Waals surface area contributed by atoms with Crippen LogP contribution < -0.4 is 4.90 Å². The lowest BCUT2D eigenvalue weighted by molar-refractivity contribution is 0.103. The standard InChI is InChI=1S/C33H27N3O6S2/c37-33(25-11-13-30-24(21-25)15-16-35(30)43(38,39)28-7-3-1-4-8-28)32-23-26-22-27(34-17-19-42-20-18-34)12-14-31(26)36(32)44(40,41)29-9-5-2-6-10-29/h1-16,21-23H,17-20H2. The van der Waals surface area contributed by atoms with Gasteiger partial charge in [-0.1, -0.05) is 36.4 Å². The zero-order chi connectivity index (χ0) is 30.5. The Morgan fingerprint density at radius 2 is 1.27 bits per heavy atom. The number of carbonyl (C=O) groups is 1. The number of aromatic nitrogens is 2. The topological polar surface area (TPSA) is 108 Å². The van der Waals surface area contributed by atoms with Gasteiger partial charge in [0.2, 0.25) is 5.78 Å². The van der Waals surface area contributed by atoms with Crippen LogP contribution in [0.4, 0.5) is 5.69 Å². The summed E-state index contributed by atoms with van der Waals surface area (Å²) in [5, 5.41) is 1.14. The molecule has 0 bridgehead atoms. The summed E-state index contributed by atoms with van der Waals surface area (Å²) in [4.78, 5) is 16.5. The van der Waals surface area contributed by atoms with E-state index in [4.69, 9.17) is 4.74 Å². The van der Waals surface area contributed by atoms with E-state index in [2.05, 4.69) is 4.90 Å². The number of carbonyl (C=O) groups excluding carboxylic acids is 1. The predicted molar refractivity (Wildman–Crippen MR) is 168 cm³/mol. The van der Waals surface area contributed by atoms with Crippen molar-refractivity contribution in [3.05, 3.63) is 127 Å². The summed E-state index contributed by atoms with van der Waals surface area (Å²) in [5.74, 6) is -0.505. The van der Waals surface area contributed by atoms with Crippen molar-refractivity contribution in [1.29, 1.82) is 0 Å². The van der Waals surface area contributed by atoms with Gasteiger partial charge < -0.3 is 9.64 Å². The number of benzene rings is 4. The molecule has 44 heavy (non-hydrogen) atoms. The Morgan fingerprint density at radius 1 is 0.636 bits per heavy atom. The lowest BCUT2D eigenvalue weighted by atomic mass is 10.1. The van der Waals surface area contributed by atoms with Crippen LogP contribution in [0.3, 0.4) is 0 Å². The third kappa shape index (κ3) is 4.69. The zero-order valence-corrected chi connectivity index (χ0v) is 25.0. The van der Waals surface area contributed by atoms with Gasteiger partial charge in [-0.25, -0.2) is 24.8 Å². The number of hydrogen-bond donors (Lipinski definition) is 0. The van der Waals surface area contributed by atoms with E-state index in [9.17, 15) is 21.6 Å². The van der Waals surface area contributed by atoms with Gasteiger partial charge in [0.25, 0.3) is 20.0 Å². The molecule has 3 heterocycles. The Morgan fingerprint density at radius 3 is 1.95 bits per heavy atom. The molecule has 222 valence electrons. The summed E-state index contributed by atoms with van der Waals surface area (Å²) in [6.07, 6.45) is 1.45. The largest absolute Gasteiger partial charge is 0.378 e. The van der Waals surface area contributed by atoms with Crippen LogP contribution in [0.2, 0.25) is 0 Å². The molecule has 1 aliphatic rings. The van der Waals surface area contributed by atoms with Gasteiger partial charge in [0.1, 0.15) is 5.69 Å². The van der Waals surface area contributed by atoms with E-state index in [1.807, 2.05) is 12.1 Å². The molecular formula is C33H27N3O6S2. The van der Waals surface area contributed by atoms with Crippen LogP contribution in [0.15, 0.2) is 125 Å². The maximum Gasteiger partial charge on any atom is 0.268 e. The molecule has 0 N–H and O–H groups in total. The van der Waals surface area contributed by atoms with Gasteiger partial charge in [0.05, 0.1) is 34.0 Å². The molecule has 7 rings (SSSR count). The minimum atomic E-state index is -4.15. The average Bonchev–Trinajstić information content (AvgIpc) is 3.68. The van der Waals surface area contributed by atoms with E-state index >= 15 is 0 Å². The highest BCUT2D eigenvalue weighted by Crippen LogP contribution is 2.32. The smallest absolute Gasteiger partial charge is 0.268 e. The van der Waals surface area contributed by atoms with Crippen LogP contribution in [0.5, 0.6) is 0 Å². The van der Waals surface area contributed by atoms with Gasteiger partial charge >= 0.3 is 0 Å². The summed E-state index contributed by atoms with van der Waals surface area (Å²) in [6.45, 7) is 2.62. The van der Waals surface area contributed by atoms with Crippen LogP contribution >= 0.6 is 0 Å². The molecule has 1 saturated heterocycles. The summed E-state index contributed by atoms with van der Waals surface area (Å²) in [5.41, 5.74) is 1.91. The number of morpholine rings is 1. The van der Waals surface area contributed by atoms with E-state index in [-0.39, 0.29) is 21.0 Å². The van der Waals surface area contributed by atoms with Crippen molar-refractivity contribution in [3.63, 3.8) is 0 Å². The molecule has 4 aromatic carbocycles. The summed E-state index contributed by atoms with van der Waals surface area (Å²) in [6, 6.07) is 29.5. The molecule has 9 nitrogen and oxygen atoms in total. The van der Waals surface area contributed by atoms with Gasteiger partial charge in [0.15, 0.2) is 0 Å². The first-order valence-electron chi connectivity index (χ1n) is 14.0. The Hall–Kier alpha value is -4.71. The molecule has 0 unspecified atom stereocenters. The highest BCUT2D eigenvalue weighted by molar-refractivity contribution is 7.90. The van der Waals surface area contributed by atoms with Gasteiger partial charge in [-0.2, -0.15) is 0 Å². The second-order valence-electron chi connectivity index (χ2n) is 10.5. The first kappa shape index (κ1) is 28.1. The molecule has 0 aliphatic carbocycles. The summed E-state index contributed by atoms with van der Waals surface area (Å²) in [7, 11) is -8.01. The second-order valence-corrected chi connectivity index (χ2v) is 14.1. The van der Waals surface area contributed by atoms with E-state index in [1.165, 1.54) is 40.5 Å². The summed E-state index contributed by atoms with van der Waals surface area (Å²) >= 11 is 0. The maximum absolute atomic E-state index is 14.1. The third-order valence-electron chi connectivity index (χ3n) is 7.85. The Kier molecular flexibility index (Phi) is 6.88. The first-order chi connectivity index (χ1) is 21.2. The zero-order valence-electron chi connectivity index (χ0n) is 23.4. The fourth-order valence-electron chi connectivity index (χ4n) is 5.63. The fraction of sp³-hybridized carbons (Fsp3) is 0.121. The molecule has 1 aliphatic heterocycles.